The molecular formula is C21H32N2O3S. The molecule has 1 aromatic rings. The van der Waals surface area contributed by atoms with E-state index in [4.69, 9.17) is 4.74 Å². The molecule has 1 atom stereocenters. The number of ether oxygens (including phenoxy) is 1. The molecule has 27 heavy (non-hydrogen) atoms. The fourth-order valence-electron chi connectivity index (χ4n) is 5.10. The van der Waals surface area contributed by atoms with E-state index >= 15 is 0 Å². The zero-order chi connectivity index (χ0) is 18.7. The van der Waals surface area contributed by atoms with Gasteiger partial charge in [-0.3, -0.25) is 0 Å². The molecule has 1 unspecified atom stereocenters. The predicted octanol–water partition coefficient (Wildman–Crippen LogP) is 2.73. The van der Waals surface area contributed by atoms with Crippen LogP contribution in [0.4, 0.5) is 0 Å². The van der Waals surface area contributed by atoms with Crippen molar-refractivity contribution in [2.75, 3.05) is 45.9 Å². The van der Waals surface area contributed by atoms with E-state index in [1.54, 1.807) is 4.31 Å². The maximum atomic E-state index is 12.9. The van der Waals surface area contributed by atoms with Crippen LogP contribution < -0.4 is 0 Å². The van der Waals surface area contributed by atoms with Crippen molar-refractivity contribution in [3.8, 4) is 0 Å². The van der Waals surface area contributed by atoms with Crippen molar-refractivity contribution in [3.63, 3.8) is 0 Å². The Morgan fingerprint density at radius 3 is 2.59 bits per heavy atom. The van der Waals surface area contributed by atoms with Crippen molar-refractivity contribution >= 4 is 10.0 Å². The molecule has 0 radical (unpaired) electrons. The Kier molecular flexibility index (Phi) is 5.88. The summed E-state index contributed by atoms with van der Waals surface area (Å²) in [4.78, 5) is 2.60. The van der Waals surface area contributed by atoms with Gasteiger partial charge in [0, 0.05) is 39.4 Å². The van der Waals surface area contributed by atoms with E-state index in [-0.39, 0.29) is 11.2 Å². The van der Waals surface area contributed by atoms with Crippen molar-refractivity contribution in [2.24, 2.45) is 11.3 Å². The molecule has 3 aliphatic rings. The van der Waals surface area contributed by atoms with Crippen molar-refractivity contribution in [1.29, 1.82) is 0 Å². The molecule has 3 fully saturated rings. The van der Waals surface area contributed by atoms with Gasteiger partial charge in [0.1, 0.15) is 0 Å². The van der Waals surface area contributed by atoms with Crippen LogP contribution in [0.25, 0.3) is 0 Å². The third kappa shape index (κ3) is 4.73. The third-order valence-electron chi connectivity index (χ3n) is 6.59. The zero-order valence-corrected chi connectivity index (χ0v) is 17.0. The van der Waals surface area contributed by atoms with Gasteiger partial charge in [0.2, 0.25) is 10.0 Å². The number of piperidine rings is 1. The molecule has 3 aliphatic heterocycles. The number of hydrogen-bond acceptors (Lipinski definition) is 4. The van der Waals surface area contributed by atoms with E-state index in [2.05, 4.69) is 4.90 Å². The first-order valence-corrected chi connectivity index (χ1v) is 12.0. The van der Waals surface area contributed by atoms with Crippen LogP contribution in [0.1, 0.15) is 37.7 Å². The third-order valence-corrected chi connectivity index (χ3v) is 8.38. The summed E-state index contributed by atoms with van der Waals surface area (Å²) in [6.45, 7) is 6.55. The first kappa shape index (κ1) is 19.4. The molecule has 0 aromatic heterocycles. The summed E-state index contributed by atoms with van der Waals surface area (Å²) in [7, 11) is -3.23. The molecule has 1 spiro atoms. The van der Waals surface area contributed by atoms with Crippen LogP contribution in [0.3, 0.4) is 0 Å². The molecule has 3 heterocycles. The average Bonchev–Trinajstić information content (AvgIpc) is 3.07. The fraction of sp³-hybridized carbons (Fsp3) is 0.714. The van der Waals surface area contributed by atoms with E-state index in [1.165, 1.54) is 19.3 Å². The Labute approximate surface area is 163 Å². The Morgan fingerprint density at radius 1 is 1.04 bits per heavy atom. The van der Waals surface area contributed by atoms with Gasteiger partial charge in [0.05, 0.1) is 5.75 Å². The average molecular weight is 393 g/mol. The first-order valence-electron chi connectivity index (χ1n) is 10.4. The second kappa shape index (κ2) is 8.19. The minimum absolute atomic E-state index is 0.121. The van der Waals surface area contributed by atoms with E-state index in [0.717, 1.165) is 57.2 Å². The number of likely N-dealkylation sites (tertiary alicyclic amines) is 1. The number of nitrogens with zero attached hydrogens (tertiary/aromatic N) is 2. The van der Waals surface area contributed by atoms with E-state index in [1.807, 2.05) is 30.3 Å². The minimum Gasteiger partial charge on any atom is -0.381 e. The van der Waals surface area contributed by atoms with Gasteiger partial charge in [-0.15, -0.1) is 0 Å². The summed E-state index contributed by atoms with van der Waals surface area (Å²) in [6, 6.07) is 9.55. The molecule has 0 saturated carbocycles. The molecule has 0 amide bonds. The predicted molar refractivity (Wildman–Crippen MR) is 107 cm³/mol. The van der Waals surface area contributed by atoms with E-state index in [9.17, 15) is 8.42 Å². The number of benzene rings is 1. The van der Waals surface area contributed by atoms with Gasteiger partial charge < -0.3 is 9.64 Å². The van der Waals surface area contributed by atoms with Gasteiger partial charge in [-0.25, -0.2) is 12.7 Å². The van der Waals surface area contributed by atoms with Crippen LogP contribution in [0, 0.1) is 11.3 Å². The summed E-state index contributed by atoms with van der Waals surface area (Å²) >= 11 is 0. The smallest absolute Gasteiger partial charge is 0.218 e. The highest BCUT2D eigenvalue weighted by molar-refractivity contribution is 7.88. The molecule has 3 saturated heterocycles. The summed E-state index contributed by atoms with van der Waals surface area (Å²) < 4.78 is 33.1. The van der Waals surface area contributed by atoms with Gasteiger partial charge >= 0.3 is 0 Å². The lowest BCUT2D eigenvalue weighted by molar-refractivity contribution is 0.0326. The van der Waals surface area contributed by atoms with Gasteiger partial charge in [-0.05, 0) is 55.5 Å². The zero-order valence-electron chi connectivity index (χ0n) is 16.2. The summed E-state index contributed by atoms with van der Waals surface area (Å²) in [6.07, 6.45) is 5.69. The maximum Gasteiger partial charge on any atom is 0.218 e. The standard InChI is InChI=1S/C21H32N2O3S/c24-27(25,16-20-5-2-1-3-6-20)23-12-10-21(18-23)9-4-11-22(17-21)15-19-7-13-26-14-8-19/h1-3,5-6,19H,4,7-18H2. The monoisotopic (exact) mass is 392 g/mol. The van der Waals surface area contributed by atoms with Crippen molar-refractivity contribution in [2.45, 2.75) is 37.9 Å². The lowest BCUT2D eigenvalue weighted by Gasteiger charge is -2.42. The topological polar surface area (TPSA) is 49.9 Å². The Morgan fingerprint density at radius 2 is 1.81 bits per heavy atom. The maximum absolute atomic E-state index is 12.9. The van der Waals surface area contributed by atoms with Crippen molar-refractivity contribution in [1.82, 2.24) is 9.21 Å². The van der Waals surface area contributed by atoms with E-state index < -0.39 is 10.0 Å². The van der Waals surface area contributed by atoms with Crippen LogP contribution in [0.5, 0.6) is 0 Å². The molecule has 0 bridgehead atoms. The molecule has 0 aliphatic carbocycles. The van der Waals surface area contributed by atoms with Crippen LogP contribution in [-0.4, -0.2) is 63.6 Å². The first-order chi connectivity index (χ1) is 13.0. The number of rotatable bonds is 5. The highest BCUT2D eigenvalue weighted by Gasteiger charge is 2.44. The molecule has 5 nitrogen and oxygen atoms in total. The fourth-order valence-corrected chi connectivity index (χ4v) is 6.74. The second-order valence-electron chi connectivity index (χ2n) is 8.72. The molecule has 1 aromatic carbocycles. The Bertz CT molecular complexity index is 718. The summed E-state index contributed by atoms with van der Waals surface area (Å²) in [5.41, 5.74) is 1.04. The van der Waals surface area contributed by atoms with Crippen molar-refractivity contribution < 1.29 is 13.2 Å². The SMILES string of the molecule is O=S(=O)(Cc1ccccc1)N1CCC2(CCCN(CC3CCOCC3)C2)C1. The largest absolute Gasteiger partial charge is 0.381 e. The lowest BCUT2D eigenvalue weighted by Crippen LogP contribution is -2.47. The van der Waals surface area contributed by atoms with Crippen LogP contribution in [0.15, 0.2) is 30.3 Å². The van der Waals surface area contributed by atoms with Gasteiger partial charge in [-0.2, -0.15) is 0 Å². The normalized spacial score (nSPS) is 28.7. The highest BCUT2D eigenvalue weighted by Crippen LogP contribution is 2.40. The lowest BCUT2D eigenvalue weighted by atomic mass is 9.79. The second-order valence-corrected chi connectivity index (χ2v) is 10.7. The molecule has 150 valence electrons. The van der Waals surface area contributed by atoms with Gasteiger partial charge in [0.25, 0.3) is 0 Å². The van der Waals surface area contributed by atoms with Gasteiger partial charge in [0.15, 0.2) is 0 Å². The van der Waals surface area contributed by atoms with Crippen molar-refractivity contribution in [3.05, 3.63) is 35.9 Å². The molecule has 0 N–H and O–H groups in total. The Balaban J connectivity index is 1.37. The van der Waals surface area contributed by atoms with Crippen LogP contribution in [-0.2, 0) is 20.5 Å². The number of sulfonamides is 1. The quantitative estimate of drug-likeness (QED) is 0.773. The Hall–Kier alpha value is -0.950. The van der Waals surface area contributed by atoms with E-state index in [0.29, 0.717) is 13.1 Å². The van der Waals surface area contributed by atoms with Crippen LogP contribution in [0.2, 0.25) is 0 Å². The van der Waals surface area contributed by atoms with Gasteiger partial charge in [-0.1, -0.05) is 30.3 Å². The molecule has 6 heteroatoms. The molecular weight excluding hydrogens is 360 g/mol. The minimum atomic E-state index is -3.23. The molecule has 4 rings (SSSR count). The summed E-state index contributed by atoms with van der Waals surface area (Å²) in [5.74, 6) is 0.864. The highest BCUT2D eigenvalue weighted by atomic mass is 32.2. The summed E-state index contributed by atoms with van der Waals surface area (Å²) in [5, 5.41) is 0. The van der Waals surface area contributed by atoms with Crippen LogP contribution >= 0.6 is 0 Å². The number of hydrogen-bond donors (Lipinski definition) is 0.